The van der Waals surface area contributed by atoms with Crippen molar-refractivity contribution in [3.05, 3.63) is 35.6 Å². The van der Waals surface area contributed by atoms with E-state index in [1.54, 1.807) is 0 Å². The van der Waals surface area contributed by atoms with E-state index in [0.29, 0.717) is 0 Å². The van der Waals surface area contributed by atoms with Gasteiger partial charge in [0.2, 0.25) is 5.78 Å². The molecule has 0 radical (unpaired) electrons. The first-order valence-electron chi connectivity index (χ1n) is 4.04. The normalized spacial score (nSPS) is 15.5. The number of carbonyl (C=O) groups is 1. The quantitative estimate of drug-likeness (QED) is 0.632. The zero-order chi connectivity index (χ0) is 12.6. The second kappa shape index (κ2) is 4.43. The van der Waals surface area contributed by atoms with Crippen LogP contribution in [0.15, 0.2) is 24.3 Å². The third-order valence-corrected chi connectivity index (χ3v) is 6.09. The minimum atomic E-state index is -3.82. The fourth-order valence-corrected chi connectivity index (χ4v) is 1.73. The molecule has 0 aliphatic heterocycles. The number of halogens is 3. The number of hydrogen-bond acceptors (Lipinski definition) is 3. The van der Waals surface area contributed by atoms with E-state index < -0.39 is 24.6 Å². The van der Waals surface area contributed by atoms with Crippen molar-refractivity contribution in [3.8, 4) is 0 Å². The van der Waals surface area contributed by atoms with Gasteiger partial charge < -0.3 is 0 Å². The van der Waals surface area contributed by atoms with E-state index in [1.165, 1.54) is 12.1 Å². The summed E-state index contributed by atoms with van der Waals surface area (Å²) >= 11 is 8.28. The number of benzene rings is 1. The predicted molar refractivity (Wildman–Crippen MR) is 63.1 cm³/mol. The summed E-state index contributed by atoms with van der Waals surface area (Å²) in [5.41, 5.74) is 0.0127. The average molecular weight is 330 g/mol. The van der Waals surface area contributed by atoms with Gasteiger partial charge in [-0.2, -0.15) is 0 Å². The third kappa shape index (κ3) is 2.61. The molecular weight excluding hydrogens is 323 g/mol. The molecule has 0 bridgehead atoms. The van der Waals surface area contributed by atoms with Crippen molar-refractivity contribution in [3.63, 3.8) is 0 Å². The Morgan fingerprint density at radius 1 is 1.38 bits per heavy atom. The summed E-state index contributed by atoms with van der Waals surface area (Å²) in [7, 11) is -3.82. The van der Waals surface area contributed by atoms with E-state index in [-0.39, 0.29) is 5.56 Å². The first kappa shape index (κ1) is 13.6. The van der Waals surface area contributed by atoms with Crippen LogP contribution in [0, 0.1) is 5.82 Å². The molecule has 0 aliphatic rings. The second-order valence-corrected chi connectivity index (χ2v) is 8.24. The highest BCUT2D eigenvalue weighted by Crippen LogP contribution is 2.33. The van der Waals surface area contributed by atoms with Gasteiger partial charge in [-0.05, 0) is 40.2 Å². The Bertz CT molecular complexity index is 510. The maximum atomic E-state index is 12.6. The van der Waals surface area contributed by atoms with E-state index in [0.717, 1.165) is 18.4 Å². The van der Waals surface area contributed by atoms with Crippen LogP contribution in [0.3, 0.4) is 0 Å². The Kier molecular flexibility index (Phi) is 3.76. The van der Waals surface area contributed by atoms with Crippen molar-refractivity contribution in [1.29, 1.82) is 0 Å². The Morgan fingerprint density at radius 2 is 1.81 bits per heavy atom. The largest absolute Gasteiger partial charge is 0.290 e. The first-order valence-corrected chi connectivity index (χ1v) is 7.10. The summed E-state index contributed by atoms with van der Waals surface area (Å²) in [5, 5.41) is 0. The summed E-state index contributed by atoms with van der Waals surface area (Å²) in [5.74, 6) is -1.37. The van der Waals surface area contributed by atoms with E-state index in [9.17, 15) is 17.6 Å². The van der Waals surface area contributed by atoms with E-state index in [1.807, 2.05) is 0 Å². The minimum absolute atomic E-state index is 0.0127. The number of hydrogen-bond donors (Lipinski definition) is 0. The maximum Gasteiger partial charge on any atom is 0.261 e. The molecule has 0 aliphatic carbocycles. The zero-order valence-electron chi connectivity index (χ0n) is 8.08. The van der Waals surface area contributed by atoms with Gasteiger partial charge in [0.05, 0.1) is 0 Å². The molecule has 0 saturated carbocycles. The molecule has 16 heavy (non-hydrogen) atoms. The summed E-state index contributed by atoms with van der Waals surface area (Å²) in [4.78, 5) is 11.7. The highest BCUT2D eigenvalue weighted by Gasteiger charge is 2.44. The van der Waals surface area contributed by atoms with Gasteiger partial charge in [-0.25, -0.2) is 12.8 Å². The van der Waals surface area contributed by atoms with Crippen LogP contribution in [0.25, 0.3) is 0 Å². The Balaban J connectivity index is 3.18. The number of rotatable bonds is 3. The van der Waals surface area contributed by atoms with Gasteiger partial charge >= 0.3 is 0 Å². The summed E-state index contributed by atoms with van der Waals surface area (Å²) in [6, 6.07) is 4.44. The molecule has 3 nitrogen and oxygen atoms in total. The fourth-order valence-electron chi connectivity index (χ4n) is 0.938. The highest BCUT2D eigenvalue weighted by atomic mass is 79.9. The number of alkyl halides is 2. The van der Waals surface area contributed by atoms with Crippen LogP contribution in [-0.2, 0) is 9.84 Å². The van der Waals surface area contributed by atoms with Gasteiger partial charge in [0.15, 0.2) is 9.84 Å². The van der Waals surface area contributed by atoms with Crippen LogP contribution < -0.4 is 0 Å². The highest BCUT2D eigenvalue weighted by molar-refractivity contribution is 9.12. The van der Waals surface area contributed by atoms with Crippen molar-refractivity contribution in [1.82, 2.24) is 0 Å². The topological polar surface area (TPSA) is 51.2 Å². The van der Waals surface area contributed by atoms with Crippen LogP contribution in [0.1, 0.15) is 10.4 Å². The van der Waals surface area contributed by atoms with E-state index in [2.05, 4.69) is 15.9 Å². The lowest BCUT2D eigenvalue weighted by Gasteiger charge is -2.16. The standard InChI is InChI=1S/C9H7BrClFO3S/c1-16(14,15)9(10,11)8(13)6-2-4-7(12)5-3-6/h2-5H,1H3. The smallest absolute Gasteiger partial charge is 0.261 e. The zero-order valence-corrected chi connectivity index (χ0v) is 11.2. The third-order valence-electron chi connectivity index (χ3n) is 1.84. The van der Waals surface area contributed by atoms with Gasteiger partial charge in [-0.1, -0.05) is 11.6 Å². The lowest BCUT2D eigenvalue weighted by molar-refractivity contribution is 0.1000. The molecule has 1 aromatic carbocycles. The molecule has 0 spiro atoms. The first-order chi connectivity index (χ1) is 7.16. The van der Waals surface area contributed by atoms with Gasteiger partial charge in [0.1, 0.15) is 5.82 Å². The average Bonchev–Trinajstić information content (AvgIpc) is 2.16. The van der Waals surface area contributed by atoms with Crippen molar-refractivity contribution in [2.75, 3.05) is 6.26 Å². The van der Waals surface area contributed by atoms with Crippen LogP contribution in [0.5, 0.6) is 0 Å². The minimum Gasteiger partial charge on any atom is -0.290 e. The molecule has 0 fully saturated rings. The molecule has 0 heterocycles. The monoisotopic (exact) mass is 328 g/mol. The lowest BCUT2D eigenvalue weighted by Crippen LogP contribution is -2.34. The van der Waals surface area contributed by atoms with Crippen molar-refractivity contribution >= 4 is 43.2 Å². The molecule has 0 N–H and O–H groups in total. The molecule has 1 rings (SSSR count). The molecule has 0 aromatic heterocycles. The van der Waals surface area contributed by atoms with E-state index >= 15 is 0 Å². The summed E-state index contributed by atoms with van der Waals surface area (Å²) < 4.78 is 32.9. The number of carbonyl (C=O) groups excluding carboxylic acids is 1. The molecule has 7 heteroatoms. The lowest BCUT2D eigenvalue weighted by atomic mass is 10.1. The molecule has 1 unspecified atom stereocenters. The van der Waals surface area contributed by atoms with Gasteiger partial charge in [-0.15, -0.1) is 0 Å². The molecule has 88 valence electrons. The molecule has 0 saturated heterocycles. The second-order valence-electron chi connectivity index (χ2n) is 3.12. The predicted octanol–water partition coefficient (Wildman–Crippen LogP) is 2.34. The van der Waals surface area contributed by atoms with E-state index in [4.69, 9.17) is 11.6 Å². The summed E-state index contributed by atoms with van der Waals surface area (Å²) in [6.07, 6.45) is 0.830. The molecular formula is C9H7BrClFO3S. The SMILES string of the molecule is CS(=O)(=O)C(Cl)(Br)C(=O)c1ccc(F)cc1. The number of Topliss-reactive ketones (excluding diaryl/α,β-unsaturated/α-hetero) is 1. The van der Waals surface area contributed by atoms with Crippen LogP contribution in [0.4, 0.5) is 4.39 Å². The van der Waals surface area contributed by atoms with Crippen molar-refractivity contribution in [2.24, 2.45) is 0 Å². The Hall–Kier alpha value is -0.460. The molecule has 1 atom stereocenters. The Morgan fingerprint density at radius 3 is 2.19 bits per heavy atom. The van der Waals surface area contributed by atoms with Gasteiger partial charge in [0, 0.05) is 11.8 Å². The van der Waals surface area contributed by atoms with Crippen LogP contribution in [0.2, 0.25) is 0 Å². The summed E-state index contributed by atoms with van der Waals surface area (Å²) in [6.45, 7) is 0. The van der Waals surface area contributed by atoms with Crippen molar-refractivity contribution in [2.45, 2.75) is 3.12 Å². The molecule has 1 aromatic rings. The molecule has 0 amide bonds. The van der Waals surface area contributed by atoms with Crippen LogP contribution >= 0.6 is 27.5 Å². The van der Waals surface area contributed by atoms with Crippen LogP contribution in [-0.4, -0.2) is 23.6 Å². The van der Waals surface area contributed by atoms with Gasteiger partial charge in [-0.3, -0.25) is 4.79 Å². The fraction of sp³-hybridized carbons (Fsp3) is 0.222. The number of ketones is 1. The van der Waals surface area contributed by atoms with Crippen molar-refractivity contribution < 1.29 is 17.6 Å². The van der Waals surface area contributed by atoms with Gasteiger partial charge in [0.25, 0.3) is 3.12 Å². The number of sulfone groups is 1. The Labute approximate surface area is 106 Å². The maximum absolute atomic E-state index is 12.6.